The first-order valence-electron chi connectivity index (χ1n) is 10.6. The number of carbonyl (C=O) groups excluding carboxylic acids is 1. The molecule has 1 atom stereocenters. The van der Waals surface area contributed by atoms with E-state index in [0.717, 1.165) is 45.8 Å². The van der Waals surface area contributed by atoms with Crippen LogP contribution in [0.5, 0.6) is 0 Å². The van der Waals surface area contributed by atoms with Gasteiger partial charge in [0.1, 0.15) is 0 Å². The van der Waals surface area contributed by atoms with Crippen LogP contribution < -0.4 is 0 Å². The molecule has 0 aliphatic carbocycles. The van der Waals surface area contributed by atoms with Gasteiger partial charge >= 0.3 is 0 Å². The summed E-state index contributed by atoms with van der Waals surface area (Å²) in [5, 5.41) is 1.27. The summed E-state index contributed by atoms with van der Waals surface area (Å²) in [6.07, 6.45) is 0.625. The number of amides is 1. The van der Waals surface area contributed by atoms with Gasteiger partial charge in [0.05, 0.1) is 6.54 Å². The van der Waals surface area contributed by atoms with Crippen LogP contribution in [0.1, 0.15) is 32.9 Å². The minimum Gasteiger partial charge on any atom is -0.341 e. The third-order valence-corrected chi connectivity index (χ3v) is 7.20. The number of fused-ring (bicyclic) bond motifs is 3. The predicted molar refractivity (Wildman–Crippen MR) is 114 cm³/mol. The first-order chi connectivity index (χ1) is 13.4. The molecular weight excluding hydrogens is 348 g/mol. The average molecular weight is 383 g/mol. The molecule has 1 amide bonds. The molecule has 3 heterocycles. The van der Waals surface area contributed by atoms with Crippen molar-refractivity contribution in [2.75, 3.05) is 39.8 Å². The van der Waals surface area contributed by atoms with Crippen molar-refractivity contribution in [3.05, 3.63) is 36.0 Å². The van der Waals surface area contributed by atoms with Gasteiger partial charge < -0.3 is 14.4 Å². The fourth-order valence-corrected chi connectivity index (χ4v) is 4.71. The predicted octanol–water partition coefficient (Wildman–Crippen LogP) is 3.04. The Kier molecular flexibility index (Phi) is 5.23. The number of rotatable bonds is 4. The Bertz CT molecular complexity index is 847. The Morgan fingerprint density at radius 2 is 1.79 bits per heavy atom. The first-order valence-corrected chi connectivity index (χ1v) is 10.6. The van der Waals surface area contributed by atoms with E-state index in [1.807, 2.05) is 0 Å². The zero-order chi connectivity index (χ0) is 19.9. The van der Waals surface area contributed by atoms with E-state index in [0.29, 0.717) is 18.2 Å². The smallest absolute Gasteiger partial charge is 0.223 e. The lowest BCUT2D eigenvalue weighted by atomic mass is 9.84. The van der Waals surface area contributed by atoms with E-state index in [2.05, 4.69) is 77.4 Å². The van der Waals surface area contributed by atoms with Gasteiger partial charge in [-0.25, -0.2) is 0 Å². The maximum Gasteiger partial charge on any atom is 0.223 e. The van der Waals surface area contributed by atoms with Gasteiger partial charge in [-0.15, -0.1) is 0 Å². The summed E-state index contributed by atoms with van der Waals surface area (Å²) >= 11 is 0. The molecular formula is C23H34N4O. The van der Waals surface area contributed by atoms with E-state index >= 15 is 0 Å². The SMILES string of the molecule is CC(CC(=O)N1CCn2c(cc3ccccc32)C1)C(C)(C)N1CCN(C)CC1. The quantitative estimate of drug-likeness (QED) is 0.815. The summed E-state index contributed by atoms with van der Waals surface area (Å²) in [4.78, 5) is 20.1. The lowest BCUT2D eigenvalue weighted by Gasteiger charge is -2.46. The number of carbonyl (C=O) groups is 1. The number of piperazine rings is 1. The second-order valence-corrected chi connectivity index (χ2v) is 9.21. The molecule has 2 aromatic rings. The number of likely N-dealkylation sites (N-methyl/N-ethyl adjacent to an activating group) is 1. The van der Waals surface area contributed by atoms with Crippen LogP contribution in [-0.2, 0) is 17.9 Å². The lowest BCUT2D eigenvalue weighted by molar-refractivity contribution is -0.134. The summed E-state index contributed by atoms with van der Waals surface area (Å²) in [7, 11) is 2.19. The molecule has 0 N–H and O–H groups in total. The molecule has 2 aliphatic rings. The van der Waals surface area contributed by atoms with Gasteiger partial charge in [-0.05, 0) is 44.3 Å². The highest BCUT2D eigenvalue weighted by Crippen LogP contribution is 2.30. The number of para-hydroxylation sites is 1. The highest BCUT2D eigenvalue weighted by Gasteiger charge is 2.36. The van der Waals surface area contributed by atoms with Crippen LogP contribution in [0.4, 0.5) is 0 Å². The monoisotopic (exact) mass is 382 g/mol. The van der Waals surface area contributed by atoms with Crippen LogP contribution >= 0.6 is 0 Å². The van der Waals surface area contributed by atoms with Gasteiger partial charge in [0.15, 0.2) is 0 Å². The van der Waals surface area contributed by atoms with Crippen molar-refractivity contribution >= 4 is 16.8 Å². The van der Waals surface area contributed by atoms with Crippen LogP contribution in [-0.4, -0.2) is 70.5 Å². The van der Waals surface area contributed by atoms with Gasteiger partial charge in [-0.1, -0.05) is 25.1 Å². The van der Waals surface area contributed by atoms with E-state index in [1.165, 1.54) is 16.6 Å². The number of nitrogens with zero attached hydrogens (tertiary/aromatic N) is 4. The molecule has 2 aliphatic heterocycles. The molecule has 1 fully saturated rings. The average Bonchev–Trinajstić information content (AvgIpc) is 3.06. The third kappa shape index (κ3) is 3.58. The number of aromatic nitrogens is 1. The maximum atomic E-state index is 13.1. The molecule has 1 saturated heterocycles. The van der Waals surface area contributed by atoms with Gasteiger partial charge in [0.25, 0.3) is 0 Å². The van der Waals surface area contributed by atoms with Crippen LogP contribution in [0.3, 0.4) is 0 Å². The van der Waals surface area contributed by atoms with E-state index in [-0.39, 0.29) is 5.54 Å². The normalized spacial score (nSPS) is 20.4. The van der Waals surface area contributed by atoms with Crippen molar-refractivity contribution in [2.45, 2.75) is 45.8 Å². The second kappa shape index (κ2) is 7.53. The number of hydrogen-bond acceptors (Lipinski definition) is 3. The van der Waals surface area contributed by atoms with Crippen LogP contribution in [0.25, 0.3) is 10.9 Å². The van der Waals surface area contributed by atoms with Crippen molar-refractivity contribution in [3.63, 3.8) is 0 Å². The zero-order valence-corrected chi connectivity index (χ0v) is 17.8. The Morgan fingerprint density at radius 1 is 1.07 bits per heavy atom. The summed E-state index contributed by atoms with van der Waals surface area (Å²) in [5.74, 6) is 0.627. The largest absolute Gasteiger partial charge is 0.341 e. The molecule has 28 heavy (non-hydrogen) atoms. The minimum atomic E-state index is 0.0433. The van der Waals surface area contributed by atoms with E-state index in [1.54, 1.807) is 0 Å². The lowest BCUT2D eigenvalue weighted by Crippen LogP contribution is -2.57. The van der Waals surface area contributed by atoms with Crippen molar-refractivity contribution in [2.24, 2.45) is 5.92 Å². The Morgan fingerprint density at radius 3 is 2.54 bits per heavy atom. The fourth-order valence-electron chi connectivity index (χ4n) is 4.71. The highest BCUT2D eigenvalue weighted by atomic mass is 16.2. The molecule has 1 aromatic carbocycles. The Labute approximate surface area is 168 Å². The van der Waals surface area contributed by atoms with Gasteiger partial charge in [-0.3, -0.25) is 9.69 Å². The van der Waals surface area contributed by atoms with E-state index < -0.39 is 0 Å². The molecule has 152 valence electrons. The van der Waals surface area contributed by atoms with Crippen molar-refractivity contribution < 1.29 is 4.79 Å². The summed E-state index contributed by atoms with van der Waals surface area (Å²) in [5.41, 5.74) is 2.59. The fraction of sp³-hybridized carbons (Fsp3) is 0.609. The number of hydrogen-bond donors (Lipinski definition) is 0. The van der Waals surface area contributed by atoms with Crippen molar-refractivity contribution in [1.29, 1.82) is 0 Å². The molecule has 4 rings (SSSR count). The van der Waals surface area contributed by atoms with Crippen molar-refractivity contribution in [3.8, 4) is 0 Å². The molecule has 0 saturated carbocycles. The van der Waals surface area contributed by atoms with E-state index in [4.69, 9.17) is 0 Å². The van der Waals surface area contributed by atoms with Crippen LogP contribution in [0.2, 0.25) is 0 Å². The first kappa shape index (κ1) is 19.5. The number of benzene rings is 1. The molecule has 5 heteroatoms. The molecule has 0 spiro atoms. The van der Waals surface area contributed by atoms with E-state index in [9.17, 15) is 4.79 Å². The zero-order valence-electron chi connectivity index (χ0n) is 17.8. The van der Waals surface area contributed by atoms with Gasteiger partial charge in [0, 0.05) is 62.4 Å². The Hall–Kier alpha value is -1.85. The highest BCUT2D eigenvalue weighted by molar-refractivity contribution is 5.82. The third-order valence-electron chi connectivity index (χ3n) is 7.20. The molecule has 5 nitrogen and oxygen atoms in total. The topological polar surface area (TPSA) is 31.7 Å². The van der Waals surface area contributed by atoms with Gasteiger partial charge in [-0.2, -0.15) is 0 Å². The molecule has 0 radical (unpaired) electrons. The van der Waals surface area contributed by atoms with Crippen LogP contribution in [0.15, 0.2) is 30.3 Å². The molecule has 1 aromatic heterocycles. The summed E-state index contributed by atoms with van der Waals surface area (Å²) < 4.78 is 2.37. The van der Waals surface area contributed by atoms with Crippen LogP contribution in [0, 0.1) is 5.92 Å². The maximum absolute atomic E-state index is 13.1. The Balaban J connectivity index is 1.41. The molecule has 1 unspecified atom stereocenters. The second-order valence-electron chi connectivity index (χ2n) is 9.21. The minimum absolute atomic E-state index is 0.0433. The summed E-state index contributed by atoms with van der Waals surface area (Å²) in [6, 6.07) is 10.8. The standard InChI is InChI=1S/C23H34N4O/c1-18(23(2,3)26-12-9-24(4)10-13-26)15-22(28)25-11-14-27-20(17-25)16-19-7-5-6-8-21(19)27/h5-8,16,18H,9-15,17H2,1-4H3. The molecule has 0 bridgehead atoms. The van der Waals surface area contributed by atoms with Crippen molar-refractivity contribution in [1.82, 2.24) is 19.3 Å². The summed E-state index contributed by atoms with van der Waals surface area (Å²) in [6.45, 7) is 13.7. The van der Waals surface area contributed by atoms with Gasteiger partial charge in [0.2, 0.25) is 5.91 Å².